The number of sulfonamides is 1. The van der Waals surface area contributed by atoms with Crippen molar-refractivity contribution in [3.63, 3.8) is 0 Å². The van der Waals surface area contributed by atoms with Crippen LogP contribution in [0.15, 0.2) is 34.5 Å². The molecule has 1 aliphatic heterocycles. The van der Waals surface area contributed by atoms with Crippen LogP contribution in [0.25, 0.3) is 0 Å². The fourth-order valence-corrected chi connectivity index (χ4v) is 6.59. The number of carbonyl (C=O) groups is 1. The van der Waals surface area contributed by atoms with E-state index in [1.165, 1.54) is 17.9 Å². The zero-order valence-corrected chi connectivity index (χ0v) is 18.1. The molecule has 14 heteroatoms. The van der Waals surface area contributed by atoms with Gasteiger partial charge in [0, 0.05) is 31.7 Å². The van der Waals surface area contributed by atoms with Crippen LogP contribution in [0.1, 0.15) is 11.8 Å². The van der Waals surface area contributed by atoms with Crippen LogP contribution in [-0.4, -0.2) is 55.6 Å². The van der Waals surface area contributed by atoms with Crippen molar-refractivity contribution in [1.29, 1.82) is 0 Å². The third kappa shape index (κ3) is 4.07. The molecule has 3 N–H and O–H groups in total. The Balaban J connectivity index is 1.86. The van der Waals surface area contributed by atoms with Gasteiger partial charge in [-0.3, -0.25) is 4.79 Å². The number of primary amides is 1. The zero-order valence-electron chi connectivity index (χ0n) is 16.4. The maximum Gasteiger partial charge on any atom is 0.431 e. The Morgan fingerprint density at radius 3 is 2.38 bits per heavy atom. The van der Waals surface area contributed by atoms with Gasteiger partial charge in [0.05, 0.1) is 10.6 Å². The number of nitrogens with zero attached hydrogens (tertiary/aromatic N) is 2. The van der Waals surface area contributed by atoms with Gasteiger partial charge in [0.2, 0.25) is 0 Å². The van der Waals surface area contributed by atoms with E-state index in [1.54, 1.807) is 0 Å². The maximum absolute atomic E-state index is 14.1. The summed E-state index contributed by atoms with van der Waals surface area (Å²) >= 11 is 0.0831. The van der Waals surface area contributed by atoms with Crippen LogP contribution in [0, 0.1) is 11.6 Å². The first kappa shape index (κ1) is 24.4. The highest BCUT2D eigenvalue weighted by atomic mass is 32.2. The Labute approximate surface area is 183 Å². The second-order valence-electron chi connectivity index (χ2n) is 7.20. The maximum atomic E-state index is 14.1. The van der Waals surface area contributed by atoms with E-state index in [1.807, 2.05) is 0 Å². The summed E-state index contributed by atoms with van der Waals surface area (Å²) in [6, 6.07) is 3.82. The first-order valence-electron chi connectivity index (χ1n) is 9.10. The number of aliphatic hydroxyl groups is 1. The Hall–Kier alpha value is -2.29. The summed E-state index contributed by atoms with van der Waals surface area (Å²) in [6.07, 6.45) is -5.46. The summed E-state index contributed by atoms with van der Waals surface area (Å²) in [6.45, 7) is 1.47. The first-order chi connectivity index (χ1) is 14.7. The predicted molar refractivity (Wildman–Crippen MR) is 105 cm³/mol. The molecule has 0 radical (unpaired) electrons. The monoisotopic (exact) mass is 499 g/mol. The van der Waals surface area contributed by atoms with Crippen molar-refractivity contribution >= 4 is 33.0 Å². The number of rotatable bonds is 5. The highest BCUT2D eigenvalue weighted by Crippen LogP contribution is 2.43. The molecule has 7 nitrogen and oxygen atoms in total. The average molecular weight is 499 g/mol. The molecule has 3 rings (SSSR count). The van der Waals surface area contributed by atoms with Gasteiger partial charge in [0.25, 0.3) is 21.5 Å². The molecule has 1 aromatic heterocycles. The lowest BCUT2D eigenvalue weighted by molar-refractivity contribution is -0.254. The molecule has 2 unspecified atom stereocenters. The number of hydrogen-bond acceptors (Lipinski definition) is 6. The summed E-state index contributed by atoms with van der Waals surface area (Å²) in [5.41, 5.74) is 0.799. The van der Waals surface area contributed by atoms with Crippen molar-refractivity contribution in [2.45, 2.75) is 29.0 Å². The van der Waals surface area contributed by atoms with E-state index in [-0.39, 0.29) is 36.7 Å². The van der Waals surface area contributed by atoms with E-state index in [9.17, 15) is 40.3 Å². The number of anilines is 1. The zero-order chi connectivity index (χ0) is 24.1. The Morgan fingerprint density at radius 2 is 1.84 bits per heavy atom. The molecule has 32 heavy (non-hydrogen) atoms. The van der Waals surface area contributed by atoms with Gasteiger partial charge >= 0.3 is 6.18 Å². The lowest BCUT2D eigenvalue weighted by Crippen LogP contribution is -2.54. The second kappa shape index (κ2) is 8.24. The van der Waals surface area contributed by atoms with E-state index in [2.05, 4.69) is 0 Å². The number of halogens is 5. The normalized spacial score (nSPS) is 20.2. The average Bonchev–Trinajstić information content (AvgIpc) is 3.17. The van der Waals surface area contributed by atoms with Crippen LogP contribution >= 0.6 is 11.3 Å². The van der Waals surface area contributed by atoms with Gasteiger partial charge in [-0.05, 0) is 31.2 Å². The Kier molecular flexibility index (Phi) is 6.27. The molecular formula is C18H18F5N3O4S2. The van der Waals surface area contributed by atoms with Crippen molar-refractivity contribution < 1.29 is 40.3 Å². The number of alkyl halides is 3. The van der Waals surface area contributed by atoms with Gasteiger partial charge in [-0.15, -0.1) is 11.3 Å². The third-order valence-electron chi connectivity index (χ3n) is 5.08. The van der Waals surface area contributed by atoms with Crippen molar-refractivity contribution in [3.8, 4) is 0 Å². The fraction of sp³-hybridized carbons (Fsp3) is 0.389. The summed E-state index contributed by atoms with van der Waals surface area (Å²) in [4.78, 5) is 11.9. The van der Waals surface area contributed by atoms with Gasteiger partial charge in [0.15, 0.2) is 0 Å². The van der Waals surface area contributed by atoms with Crippen LogP contribution in [-0.2, 0) is 20.4 Å². The molecule has 0 aliphatic carbocycles. The van der Waals surface area contributed by atoms with Gasteiger partial charge in [-0.25, -0.2) is 17.2 Å². The van der Waals surface area contributed by atoms with Crippen molar-refractivity contribution in [2.75, 3.05) is 24.5 Å². The van der Waals surface area contributed by atoms with Crippen molar-refractivity contribution in [2.24, 2.45) is 5.73 Å². The molecule has 0 saturated carbocycles. The third-order valence-corrected chi connectivity index (χ3v) is 8.76. The van der Waals surface area contributed by atoms with Crippen LogP contribution in [0.4, 0.5) is 27.6 Å². The predicted octanol–water partition coefficient (Wildman–Crippen LogP) is 2.16. The molecule has 0 spiro atoms. The van der Waals surface area contributed by atoms with Crippen LogP contribution in [0.3, 0.4) is 0 Å². The molecule has 0 bridgehead atoms. The highest BCUT2D eigenvalue weighted by molar-refractivity contribution is 7.91. The van der Waals surface area contributed by atoms with Crippen LogP contribution in [0.2, 0.25) is 0 Å². The quantitative estimate of drug-likeness (QED) is 0.614. The minimum atomic E-state index is -5.46. The van der Waals surface area contributed by atoms with E-state index in [0.29, 0.717) is 12.1 Å². The molecule has 1 aliphatic rings. The molecule has 2 atom stereocenters. The van der Waals surface area contributed by atoms with Gasteiger partial charge in [0.1, 0.15) is 15.8 Å². The molecule has 1 aromatic carbocycles. The number of benzene rings is 1. The van der Waals surface area contributed by atoms with E-state index in [4.69, 9.17) is 5.73 Å². The van der Waals surface area contributed by atoms with Gasteiger partial charge in [-0.2, -0.15) is 17.5 Å². The topological polar surface area (TPSA) is 104 Å². The van der Waals surface area contributed by atoms with Crippen LogP contribution in [0.5, 0.6) is 0 Å². The molecule has 1 amide bonds. The van der Waals surface area contributed by atoms with E-state index >= 15 is 0 Å². The number of hydrogen-bond donors (Lipinski definition) is 2. The number of amides is 1. The fourth-order valence-electron chi connectivity index (χ4n) is 3.42. The summed E-state index contributed by atoms with van der Waals surface area (Å²) < 4.78 is 93.6. The van der Waals surface area contributed by atoms with Gasteiger partial charge in [-0.1, -0.05) is 0 Å². The number of thiophene rings is 1. The molecule has 1 fully saturated rings. The first-order valence-corrected chi connectivity index (χ1v) is 11.4. The summed E-state index contributed by atoms with van der Waals surface area (Å²) in [7, 11) is -4.30. The molecule has 176 valence electrons. The number of nitrogens with two attached hydrogens (primary N) is 1. The largest absolute Gasteiger partial charge is 0.431 e. The Morgan fingerprint density at radius 1 is 1.19 bits per heavy atom. The number of piperazine rings is 1. The summed E-state index contributed by atoms with van der Waals surface area (Å²) in [5, 5.41) is 9.88. The van der Waals surface area contributed by atoms with E-state index in [0.717, 1.165) is 16.4 Å². The standard InChI is InChI=1S/C18H18F5N3O4S2/c1-10-9-25(13-3-2-11(19)8-12(13)20)6-7-26(10)32(29,30)15-5-4-14(31-15)17(28,16(24)27)18(21,22)23/h2-5,8,10,28H,6-7,9H2,1H3,(H2,24,27). The van der Waals surface area contributed by atoms with Crippen molar-refractivity contribution in [1.82, 2.24) is 4.31 Å². The minimum Gasteiger partial charge on any atom is -0.368 e. The lowest BCUT2D eigenvalue weighted by Gasteiger charge is -2.39. The molecule has 2 heterocycles. The lowest BCUT2D eigenvalue weighted by atomic mass is 10.0. The van der Waals surface area contributed by atoms with Crippen LogP contribution < -0.4 is 10.6 Å². The number of carbonyl (C=O) groups excluding carboxylic acids is 1. The van der Waals surface area contributed by atoms with E-state index < -0.39 is 54.5 Å². The molecular weight excluding hydrogens is 481 g/mol. The van der Waals surface area contributed by atoms with Crippen molar-refractivity contribution in [3.05, 3.63) is 46.8 Å². The highest BCUT2D eigenvalue weighted by Gasteiger charge is 2.61. The molecule has 2 aromatic rings. The summed E-state index contributed by atoms with van der Waals surface area (Å²) in [5.74, 6) is -3.66. The second-order valence-corrected chi connectivity index (χ2v) is 10.4. The molecule has 1 saturated heterocycles. The minimum absolute atomic E-state index is 0.0355. The SMILES string of the molecule is CC1CN(c2ccc(F)cc2F)CCN1S(=O)(=O)c1ccc(C(O)(C(N)=O)C(F)(F)F)s1. The van der Waals surface area contributed by atoms with Gasteiger partial charge < -0.3 is 15.7 Å². The Bertz CT molecular complexity index is 1140. The smallest absolute Gasteiger partial charge is 0.368 e.